The molecule has 0 saturated carbocycles. The van der Waals surface area contributed by atoms with Crippen LogP contribution in [0.4, 0.5) is 4.39 Å². The maximum atomic E-state index is 13.5. The summed E-state index contributed by atoms with van der Waals surface area (Å²) < 4.78 is 19.1. The molecule has 170 valence electrons. The fourth-order valence-corrected chi connectivity index (χ4v) is 3.97. The van der Waals surface area contributed by atoms with Crippen molar-refractivity contribution in [2.75, 3.05) is 19.7 Å². The lowest BCUT2D eigenvalue weighted by Crippen LogP contribution is -2.53. The monoisotopic (exact) mass is 466 g/mol. The lowest BCUT2D eigenvalue weighted by molar-refractivity contribution is -0.141. The standard InChI is InChI=1S/C26H24ClFN2O3/c27-21-10-6-20(7-11-21)25(31)29-23(16-18-4-2-1-3-5-18)26(32)30-14-15-33-24(17-30)19-8-12-22(28)13-9-19/h1-13,23-24H,14-17H2,(H,29,31). The highest BCUT2D eigenvalue weighted by Gasteiger charge is 2.31. The smallest absolute Gasteiger partial charge is 0.251 e. The zero-order chi connectivity index (χ0) is 23.2. The Morgan fingerprint density at radius 3 is 2.42 bits per heavy atom. The van der Waals surface area contributed by atoms with E-state index in [4.69, 9.17) is 16.3 Å². The van der Waals surface area contributed by atoms with E-state index in [0.29, 0.717) is 36.7 Å². The van der Waals surface area contributed by atoms with Gasteiger partial charge >= 0.3 is 0 Å². The third-order valence-corrected chi connectivity index (χ3v) is 5.86. The van der Waals surface area contributed by atoms with Gasteiger partial charge in [-0.25, -0.2) is 4.39 Å². The zero-order valence-corrected chi connectivity index (χ0v) is 18.7. The highest BCUT2D eigenvalue weighted by atomic mass is 35.5. The molecule has 7 heteroatoms. The molecule has 3 aromatic rings. The maximum Gasteiger partial charge on any atom is 0.251 e. The van der Waals surface area contributed by atoms with Crippen LogP contribution in [0.3, 0.4) is 0 Å². The van der Waals surface area contributed by atoms with Crippen molar-refractivity contribution in [1.82, 2.24) is 10.2 Å². The first-order valence-electron chi connectivity index (χ1n) is 10.8. The molecule has 1 aliphatic rings. The Bertz CT molecular complexity index is 1090. The predicted molar refractivity (Wildman–Crippen MR) is 125 cm³/mol. The summed E-state index contributed by atoms with van der Waals surface area (Å²) in [6, 6.07) is 21.4. The first-order chi connectivity index (χ1) is 16.0. The van der Waals surface area contributed by atoms with Gasteiger partial charge in [-0.1, -0.05) is 54.1 Å². The quantitative estimate of drug-likeness (QED) is 0.585. The molecule has 1 aliphatic heterocycles. The lowest BCUT2D eigenvalue weighted by Gasteiger charge is -2.35. The normalized spacial score (nSPS) is 16.8. The van der Waals surface area contributed by atoms with E-state index in [1.54, 1.807) is 41.3 Å². The van der Waals surface area contributed by atoms with Crippen LogP contribution in [0.5, 0.6) is 0 Å². The van der Waals surface area contributed by atoms with E-state index in [1.165, 1.54) is 12.1 Å². The van der Waals surface area contributed by atoms with Crippen LogP contribution in [0.2, 0.25) is 5.02 Å². The minimum atomic E-state index is -0.748. The van der Waals surface area contributed by atoms with E-state index in [2.05, 4.69) is 5.32 Å². The van der Waals surface area contributed by atoms with Gasteiger partial charge in [-0.3, -0.25) is 9.59 Å². The number of halogens is 2. The second-order valence-electron chi connectivity index (χ2n) is 7.92. The van der Waals surface area contributed by atoms with Gasteiger partial charge in [0.25, 0.3) is 5.91 Å². The average molecular weight is 467 g/mol. The number of hydrogen-bond acceptors (Lipinski definition) is 3. The number of nitrogens with zero attached hydrogens (tertiary/aromatic N) is 1. The van der Waals surface area contributed by atoms with Crippen molar-refractivity contribution in [2.24, 2.45) is 0 Å². The molecule has 1 heterocycles. The number of carbonyl (C=O) groups excluding carboxylic acids is 2. The van der Waals surface area contributed by atoms with Gasteiger partial charge < -0.3 is 15.0 Å². The number of rotatable bonds is 6. The van der Waals surface area contributed by atoms with Crippen LogP contribution in [0, 0.1) is 5.82 Å². The Morgan fingerprint density at radius 2 is 1.73 bits per heavy atom. The second-order valence-corrected chi connectivity index (χ2v) is 8.35. The Hall–Kier alpha value is -3.22. The fourth-order valence-electron chi connectivity index (χ4n) is 3.84. The van der Waals surface area contributed by atoms with Gasteiger partial charge in [-0.05, 0) is 47.5 Å². The molecule has 0 radical (unpaired) electrons. The van der Waals surface area contributed by atoms with Crippen molar-refractivity contribution in [3.8, 4) is 0 Å². The summed E-state index contributed by atoms with van der Waals surface area (Å²) in [5, 5.41) is 3.43. The van der Waals surface area contributed by atoms with Crippen molar-refractivity contribution in [3.05, 3.63) is 106 Å². The molecule has 0 spiro atoms. The molecule has 2 amide bonds. The summed E-state index contributed by atoms with van der Waals surface area (Å²) in [4.78, 5) is 28.1. The highest BCUT2D eigenvalue weighted by Crippen LogP contribution is 2.23. The van der Waals surface area contributed by atoms with E-state index in [0.717, 1.165) is 11.1 Å². The average Bonchev–Trinajstić information content (AvgIpc) is 2.85. The molecule has 3 aromatic carbocycles. The molecular weight excluding hydrogens is 443 g/mol. The third-order valence-electron chi connectivity index (χ3n) is 5.61. The van der Waals surface area contributed by atoms with Crippen LogP contribution >= 0.6 is 11.6 Å². The molecule has 0 aromatic heterocycles. The number of amides is 2. The number of morpholine rings is 1. The minimum absolute atomic E-state index is 0.184. The topological polar surface area (TPSA) is 58.6 Å². The Balaban J connectivity index is 1.52. The third kappa shape index (κ3) is 5.97. The van der Waals surface area contributed by atoms with Gasteiger partial charge in [0.2, 0.25) is 5.91 Å². The van der Waals surface area contributed by atoms with E-state index >= 15 is 0 Å². The summed E-state index contributed by atoms with van der Waals surface area (Å²) in [7, 11) is 0. The lowest BCUT2D eigenvalue weighted by atomic mass is 10.0. The molecule has 2 unspecified atom stereocenters. The van der Waals surface area contributed by atoms with Crippen molar-refractivity contribution >= 4 is 23.4 Å². The van der Waals surface area contributed by atoms with Crippen LogP contribution in [-0.2, 0) is 16.0 Å². The van der Waals surface area contributed by atoms with Gasteiger partial charge in [0.05, 0.1) is 13.2 Å². The predicted octanol–water partition coefficient (Wildman–Crippen LogP) is 4.42. The van der Waals surface area contributed by atoms with E-state index < -0.39 is 6.04 Å². The summed E-state index contributed by atoms with van der Waals surface area (Å²) in [5.74, 6) is -0.851. The van der Waals surface area contributed by atoms with Crippen LogP contribution in [0.15, 0.2) is 78.9 Å². The molecule has 0 aliphatic carbocycles. The summed E-state index contributed by atoms with van der Waals surface area (Å²) in [6.07, 6.45) is 0.00467. The van der Waals surface area contributed by atoms with Crippen LogP contribution in [0.25, 0.3) is 0 Å². The van der Waals surface area contributed by atoms with Crippen molar-refractivity contribution in [1.29, 1.82) is 0 Å². The molecule has 2 atom stereocenters. The van der Waals surface area contributed by atoms with Crippen LogP contribution < -0.4 is 5.32 Å². The highest BCUT2D eigenvalue weighted by molar-refractivity contribution is 6.30. The fraction of sp³-hybridized carbons (Fsp3) is 0.231. The van der Waals surface area contributed by atoms with Crippen molar-refractivity contribution in [2.45, 2.75) is 18.6 Å². The Labute approximate surface area is 197 Å². The first-order valence-corrected chi connectivity index (χ1v) is 11.1. The number of benzene rings is 3. The molecule has 33 heavy (non-hydrogen) atoms. The Morgan fingerprint density at radius 1 is 1.03 bits per heavy atom. The largest absolute Gasteiger partial charge is 0.370 e. The zero-order valence-electron chi connectivity index (χ0n) is 17.9. The summed E-state index contributed by atoms with van der Waals surface area (Å²) >= 11 is 5.93. The molecule has 1 N–H and O–H groups in total. The van der Waals surface area contributed by atoms with Gasteiger partial charge in [0.1, 0.15) is 18.0 Å². The van der Waals surface area contributed by atoms with Gasteiger partial charge in [-0.2, -0.15) is 0 Å². The van der Waals surface area contributed by atoms with Crippen molar-refractivity contribution < 1.29 is 18.7 Å². The SMILES string of the molecule is O=C(NC(Cc1ccccc1)C(=O)N1CCOC(c2ccc(F)cc2)C1)c1ccc(Cl)cc1. The molecule has 0 bridgehead atoms. The van der Waals surface area contributed by atoms with Gasteiger partial charge in [0.15, 0.2) is 0 Å². The second kappa shape index (κ2) is 10.6. The molecular formula is C26H24ClFN2O3. The van der Waals surface area contributed by atoms with E-state index in [9.17, 15) is 14.0 Å². The minimum Gasteiger partial charge on any atom is -0.370 e. The molecule has 1 fully saturated rings. The summed E-state index contributed by atoms with van der Waals surface area (Å²) in [6.45, 7) is 1.10. The molecule has 1 saturated heterocycles. The van der Waals surface area contributed by atoms with Crippen LogP contribution in [-0.4, -0.2) is 42.5 Å². The van der Waals surface area contributed by atoms with Gasteiger partial charge in [-0.15, -0.1) is 0 Å². The maximum absolute atomic E-state index is 13.5. The number of nitrogens with one attached hydrogen (secondary N) is 1. The number of hydrogen-bond donors (Lipinski definition) is 1. The van der Waals surface area contributed by atoms with E-state index in [-0.39, 0.29) is 23.7 Å². The number of ether oxygens (including phenoxy) is 1. The van der Waals surface area contributed by atoms with E-state index in [1.807, 2.05) is 30.3 Å². The van der Waals surface area contributed by atoms with Gasteiger partial charge in [0, 0.05) is 23.6 Å². The first kappa shape index (κ1) is 23.0. The Kier molecular flexibility index (Phi) is 7.37. The molecule has 4 rings (SSSR count). The number of carbonyl (C=O) groups is 2. The summed E-state index contributed by atoms with van der Waals surface area (Å²) in [5.41, 5.74) is 2.17. The van der Waals surface area contributed by atoms with Crippen LogP contribution in [0.1, 0.15) is 27.6 Å². The van der Waals surface area contributed by atoms with Crippen molar-refractivity contribution in [3.63, 3.8) is 0 Å². The molecule has 5 nitrogen and oxygen atoms in total.